The topological polar surface area (TPSA) is 236 Å². The van der Waals surface area contributed by atoms with E-state index in [0.29, 0.717) is 39.3 Å². The molecule has 0 saturated carbocycles. The SMILES string of the molecule is NCCN.NCCN.NCCN.O=S(=O)([O-])[O-].[Co+2]. The van der Waals surface area contributed by atoms with E-state index in [2.05, 4.69) is 0 Å². The summed E-state index contributed by atoms with van der Waals surface area (Å²) in [6, 6.07) is 0. The molecule has 10 nitrogen and oxygen atoms in total. The average molecular weight is 335 g/mol. The van der Waals surface area contributed by atoms with Crippen LogP contribution in [0.2, 0.25) is 0 Å². The molecular weight excluding hydrogens is 311 g/mol. The van der Waals surface area contributed by atoms with E-state index in [1.54, 1.807) is 0 Å². The summed E-state index contributed by atoms with van der Waals surface area (Å²) in [5.41, 5.74) is 29.4. The van der Waals surface area contributed by atoms with Crippen LogP contribution in [0.4, 0.5) is 0 Å². The van der Waals surface area contributed by atoms with E-state index in [1.165, 1.54) is 0 Å². The van der Waals surface area contributed by atoms with Crippen LogP contribution in [0.5, 0.6) is 0 Å². The van der Waals surface area contributed by atoms with Crippen LogP contribution in [-0.2, 0) is 27.2 Å². The second-order valence-electron chi connectivity index (χ2n) is 2.14. The summed E-state index contributed by atoms with van der Waals surface area (Å²) in [5, 5.41) is 0. The fraction of sp³-hybridized carbons (Fsp3) is 1.00. The monoisotopic (exact) mass is 335 g/mol. The van der Waals surface area contributed by atoms with Crippen molar-refractivity contribution in [3.63, 3.8) is 0 Å². The first-order chi connectivity index (χ1) is 7.74. The molecule has 0 aromatic carbocycles. The number of nitrogens with two attached hydrogens (primary N) is 6. The van der Waals surface area contributed by atoms with Gasteiger partial charge in [-0.25, -0.2) is 0 Å². The van der Waals surface area contributed by atoms with Gasteiger partial charge in [0.15, 0.2) is 0 Å². The van der Waals surface area contributed by atoms with Crippen molar-refractivity contribution in [3.05, 3.63) is 0 Å². The maximum atomic E-state index is 8.52. The Labute approximate surface area is 119 Å². The zero-order valence-electron chi connectivity index (χ0n) is 10.1. The number of rotatable bonds is 3. The normalized spacial score (nSPS) is 8.22. The molecule has 0 aliphatic heterocycles. The van der Waals surface area contributed by atoms with Gasteiger partial charge in [-0.3, -0.25) is 8.42 Å². The molecule has 0 aliphatic carbocycles. The van der Waals surface area contributed by atoms with E-state index in [4.69, 9.17) is 51.9 Å². The van der Waals surface area contributed by atoms with Gasteiger partial charge in [0.25, 0.3) is 0 Å². The van der Waals surface area contributed by atoms with Crippen LogP contribution in [-0.4, -0.2) is 56.8 Å². The third-order valence-corrected chi connectivity index (χ3v) is 0.500. The van der Waals surface area contributed by atoms with E-state index >= 15 is 0 Å². The van der Waals surface area contributed by atoms with Gasteiger partial charge in [-0.1, -0.05) is 0 Å². The van der Waals surface area contributed by atoms with Crippen molar-refractivity contribution in [3.8, 4) is 0 Å². The van der Waals surface area contributed by atoms with Crippen LogP contribution >= 0.6 is 0 Å². The standard InChI is InChI=1S/3C2H8N2.Co.H2O4S/c3*3-1-2-4;;1-5(2,3)4/h3*1-4H2;;(H2,1,2,3,4)/q;;;+2;/p-2. The molecule has 0 unspecified atom stereocenters. The van der Waals surface area contributed by atoms with Crippen molar-refractivity contribution in [1.82, 2.24) is 0 Å². The molecule has 18 heavy (non-hydrogen) atoms. The Morgan fingerprint density at radius 2 is 0.667 bits per heavy atom. The summed E-state index contributed by atoms with van der Waals surface area (Å²) < 4.78 is 34.1. The summed E-state index contributed by atoms with van der Waals surface area (Å²) in [6.45, 7) is 3.58. The summed E-state index contributed by atoms with van der Waals surface area (Å²) in [6.07, 6.45) is 0. The Bertz CT molecular complexity index is 171. The summed E-state index contributed by atoms with van der Waals surface area (Å²) in [4.78, 5) is 0. The molecule has 0 rings (SSSR count). The van der Waals surface area contributed by atoms with Crippen LogP contribution in [0.15, 0.2) is 0 Å². The molecule has 0 fully saturated rings. The van der Waals surface area contributed by atoms with Gasteiger partial charge in [0.1, 0.15) is 0 Å². The predicted molar refractivity (Wildman–Crippen MR) is 64.8 cm³/mol. The van der Waals surface area contributed by atoms with E-state index in [9.17, 15) is 0 Å². The van der Waals surface area contributed by atoms with Gasteiger partial charge in [0, 0.05) is 49.7 Å². The molecule has 12 heteroatoms. The molecule has 117 valence electrons. The predicted octanol–water partition coefficient (Wildman–Crippen LogP) is -4.63. The van der Waals surface area contributed by atoms with Crippen molar-refractivity contribution in [2.45, 2.75) is 0 Å². The summed E-state index contributed by atoms with van der Waals surface area (Å²) in [5.74, 6) is 0. The molecule has 0 bridgehead atoms. The first kappa shape index (κ1) is 30.9. The van der Waals surface area contributed by atoms with Crippen LogP contribution in [0, 0.1) is 0 Å². The maximum Gasteiger partial charge on any atom is 2.00 e. The molecule has 0 spiro atoms. The largest absolute Gasteiger partial charge is 2.00 e. The Morgan fingerprint density at radius 3 is 0.667 bits per heavy atom. The maximum absolute atomic E-state index is 8.52. The van der Waals surface area contributed by atoms with Gasteiger partial charge >= 0.3 is 16.8 Å². The zero-order valence-corrected chi connectivity index (χ0v) is 11.9. The molecule has 0 atom stereocenters. The Hall–Kier alpha value is 0.136. The Morgan fingerprint density at radius 1 is 0.611 bits per heavy atom. The van der Waals surface area contributed by atoms with Gasteiger partial charge in [0.05, 0.1) is 0 Å². The van der Waals surface area contributed by atoms with Crippen molar-refractivity contribution in [2.24, 2.45) is 34.4 Å². The molecular formula is C6H24CoN6O4S. The van der Waals surface area contributed by atoms with Crippen LogP contribution in [0.3, 0.4) is 0 Å². The first-order valence-electron chi connectivity index (χ1n) is 4.62. The summed E-state index contributed by atoms with van der Waals surface area (Å²) in [7, 11) is -5.17. The quantitative estimate of drug-likeness (QED) is 0.213. The van der Waals surface area contributed by atoms with Crippen molar-refractivity contribution in [2.75, 3.05) is 39.3 Å². The molecule has 0 saturated heterocycles. The van der Waals surface area contributed by atoms with Gasteiger partial charge in [-0.05, 0) is 0 Å². The molecule has 12 N–H and O–H groups in total. The molecule has 1 radical (unpaired) electrons. The molecule has 0 heterocycles. The van der Waals surface area contributed by atoms with Crippen molar-refractivity contribution >= 4 is 10.4 Å². The molecule has 0 aromatic rings. The molecule has 0 amide bonds. The van der Waals surface area contributed by atoms with Crippen LogP contribution < -0.4 is 34.4 Å². The van der Waals surface area contributed by atoms with Gasteiger partial charge in [-0.15, -0.1) is 0 Å². The summed E-state index contributed by atoms with van der Waals surface area (Å²) >= 11 is 0. The van der Waals surface area contributed by atoms with Crippen LogP contribution in [0.1, 0.15) is 0 Å². The minimum Gasteiger partial charge on any atom is -0.759 e. The third-order valence-electron chi connectivity index (χ3n) is 0.500. The van der Waals surface area contributed by atoms with Gasteiger partial charge in [0.2, 0.25) is 0 Å². The van der Waals surface area contributed by atoms with Gasteiger partial charge < -0.3 is 43.5 Å². The van der Waals surface area contributed by atoms with E-state index in [0.717, 1.165) is 0 Å². The third kappa shape index (κ3) is 376. The van der Waals surface area contributed by atoms with Crippen LogP contribution in [0.25, 0.3) is 0 Å². The first-order valence-corrected chi connectivity index (χ1v) is 5.95. The smallest absolute Gasteiger partial charge is 0.759 e. The van der Waals surface area contributed by atoms with Gasteiger partial charge in [-0.2, -0.15) is 0 Å². The zero-order chi connectivity index (χ0) is 14.7. The Balaban J connectivity index is -0.0000000412. The molecule has 0 aromatic heterocycles. The van der Waals surface area contributed by atoms with Crippen molar-refractivity contribution in [1.29, 1.82) is 0 Å². The average Bonchev–Trinajstić information content (AvgIpc) is 2.27. The second kappa shape index (κ2) is 30.3. The second-order valence-corrected chi connectivity index (χ2v) is 2.96. The molecule has 0 aliphatic rings. The Kier molecular flexibility index (Phi) is 51.9. The van der Waals surface area contributed by atoms with E-state index < -0.39 is 10.4 Å². The minimum absolute atomic E-state index is 0. The van der Waals surface area contributed by atoms with E-state index in [1.807, 2.05) is 0 Å². The fourth-order valence-electron chi connectivity index (χ4n) is 0. The fourth-order valence-corrected chi connectivity index (χ4v) is 0. The van der Waals surface area contributed by atoms with E-state index in [-0.39, 0.29) is 16.8 Å². The minimum atomic E-state index is -5.17. The van der Waals surface area contributed by atoms with Crippen molar-refractivity contribution < 1.29 is 34.3 Å². The number of hydrogen-bond acceptors (Lipinski definition) is 10. The number of hydrogen-bond donors (Lipinski definition) is 6.